The summed E-state index contributed by atoms with van der Waals surface area (Å²) in [6.07, 6.45) is 1.09. The first-order valence-electron chi connectivity index (χ1n) is 6.19. The van der Waals surface area contributed by atoms with Gasteiger partial charge in [-0.3, -0.25) is 9.59 Å². The van der Waals surface area contributed by atoms with Crippen molar-refractivity contribution < 1.29 is 9.59 Å². The molecule has 0 aliphatic carbocycles. The number of carbonyl (C=O) groups is 2. The molecule has 0 radical (unpaired) electrons. The predicted molar refractivity (Wildman–Crippen MR) is 68.8 cm³/mol. The van der Waals surface area contributed by atoms with E-state index in [1.165, 1.54) is 11.1 Å². The molecule has 1 unspecified atom stereocenters. The van der Waals surface area contributed by atoms with Crippen LogP contribution in [0, 0.1) is 12.8 Å². The summed E-state index contributed by atoms with van der Waals surface area (Å²) in [6, 6.07) is 8.24. The van der Waals surface area contributed by atoms with Crippen LogP contribution in [-0.4, -0.2) is 29.8 Å². The molecule has 1 aliphatic heterocycles. The van der Waals surface area contributed by atoms with Gasteiger partial charge < -0.3 is 10.6 Å². The van der Waals surface area contributed by atoms with Crippen LogP contribution in [-0.2, 0) is 16.0 Å². The van der Waals surface area contributed by atoms with Crippen molar-refractivity contribution in [1.82, 2.24) is 4.90 Å². The summed E-state index contributed by atoms with van der Waals surface area (Å²) in [7, 11) is 0. The molecule has 1 saturated heterocycles. The van der Waals surface area contributed by atoms with Crippen LogP contribution in [0.1, 0.15) is 17.5 Å². The zero-order valence-corrected chi connectivity index (χ0v) is 10.6. The highest BCUT2D eigenvalue weighted by Gasteiger charge is 2.32. The number of hydrogen-bond donors (Lipinski definition) is 1. The summed E-state index contributed by atoms with van der Waals surface area (Å²) < 4.78 is 0. The molecule has 18 heavy (non-hydrogen) atoms. The molecule has 1 fully saturated rings. The Balaban J connectivity index is 1.91. The molecular weight excluding hydrogens is 228 g/mol. The van der Waals surface area contributed by atoms with Gasteiger partial charge in [0.25, 0.3) is 0 Å². The molecule has 2 N–H and O–H groups in total. The standard InChI is InChI=1S/C14H18N2O2/c1-10-3-2-4-11(7-10)5-6-16-9-12(14(15)18)8-13(16)17/h2-4,7,12H,5-6,8-9H2,1H3,(H2,15,18). The van der Waals surface area contributed by atoms with E-state index in [2.05, 4.69) is 12.1 Å². The molecule has 0 aromatic heterocycles. The van der Waals surface area contributed by atoms with Crippen molar-refractivity contribution in [1.29, 1.82) is 0 Å². The lowest BCUT2D eigenvalue weighted by atomic mass is 10.1. The molecule has 1 atom stereocenters. The van der Waals surface area contributed by atoms with E-state index in [4.69, 9.17) is 5.73 Å². The van der Waals surface area contributed by atoms with E-state index in [1.807, 2.05) is 19.1 Å². The van der Waals surface area contributed by atoms with Crippen LogP contribution >= 0.6 is 0 Å². The van der Waals surface area contributed by atoms with E-state index < -0.39 is 0 Å². The number of amides is 2. The molecule has 0 spiro atoms. The normalized spacial score (nSPS) is 19.3. The van der Waals surface area contributed by atoms with Gasteiger partial charge in [-0.25, -0.2) is 0 Å². The Kier molecular flexibility index (Phi) is 3.65. The minimum Gasteiger partial charge on any atom is -0.369 e. The van der Waals surface area contributed by atoms with Gasteiger partial charge in [0.1, 0.15) is 0 Å². The maximum atomic E-state index is 11.7. The smallest absolute Gasteiger partial charge is 0.223 e. The Morgan fingerprint density at radius 3 is 2.89 bits per heavy atom. The fourth-order valence-corrected chi connectivity index (χ4v) is 2.31. The molecule has 0 bridgehead atoms. The maximum Gasteiger partial charge on any atom is 0.223 e. The van der Waals surface area contributed by atoms with Gasteiger partial charge in [-0.1, -0.05) is 29.8 Å². The Labute approximate surface area is 107 Å². The third-order valence-electron chi connectivity index (χ3n) is 3.37. The van der Waals surface area contributed by atoms with Gasteiger partial charge in [0.05, 0.1) is 5.92 Å². The number of likely N-dealkylation sites (tertiary alicyclic amines) is 1. The Bertz CT molecular complexity index is 471. The van der Waals surface area contributed by atoms with Crippen molar-refractivity contribution in [2.45, 2.75) is 19.8 Å². The van der Waals surface area contributed by atoms with Gasteiger partial charge in [-0.15, -0.1) is 0 Å². The van der Waals surface area contributed by atoms with Gasteiger partial charge in [-0.05, 0) is 18.9 Å². The summed E-state index contributed by atoms with van der Waals surface area (Å²) in [5.74, 6) is -0.650. The predicted octanol–water partition coefficient (Wildman–Crippen LogP) is 0.871. The lowest BCUT2D eigenvalue weighted by Gasteiger charge is -2.16. The Morgan fingerprint density at radius 1 is 1.50 bits per heavy atom. The van der Waals surface area contributed by atoms with E-state index in [0.29, 0.717) is 13.1 Å². The number of rotatable bonds is 4. The molecule has 1 aromatic carbocycles. The van der Waals surface area contributed by atoms with Gasteiger partial charge in [0.2, 0.25) is 11.8 Å². The third kappa shape index (κ3) is 2.88. The Hall–Kier alpha value is -1.84. The van der Waals surface area contributed by atoms with Crippen LogP contribution in [0.2, 0.25) is 0 Å². The number of hydrogen-bond acceptors (Lipinski definition) is 2. The quantitative estimate of drug-likeness (QED) is 0.856. The van der Waals surface area contributed by atoms with Crippen LogP contribution in [0.3, 0.4) is 0 Å². The van der Waals surface area contributed by atoms with E-state index in [1.54, 1.807) is 4.90 Å². The zero-order valence-electron chi connectivity index (χ0n) is 10.6. The maximum absolute atomic E-state index is 11.7. The second-order valence-electron chi connectivity index (χ2n) is 4.88. The average Bonchev–Trinajstić information content (AvgIpc) is 2.68. The van der Waals surface area contributed by atoms with E-state index in [0.717, 1.165) is 6.42 Å². The molecule has 1 aliphatic rings. The second kappa shape index (κ2) is 5.21. The number of aryl methyl sites for hydroxylation is 1. The molecule has 0 saturated carbocycles. The van der Waals surface area contributed by atoms with Gasteiger partial charge in [0, 0.05) is 19.5 Å². The van der Waals surface area contributed by atoms with E-state index in [-0.39, 0.29) is 24.2 Å². The van der Waals surface area contributed by atoms with E-state index in [9.17, 15) is 9.59 Å². The molecular formula is C14H18N2O2. The zero-order chi connectivity index (χ0) is 13.1. The monoisotopic (exact) mass is 246 g/mol. The lowest BCUT2D eigenvalue weighted by molar-refractivity contribution is -0.128. The fraction of sp³-hybridized carbons (Fsp3) is 0.429. The van der Waals surface area contributed by atoms with Gasteiger partial charge >= 0.3 is 0 Å². The number of nitrogens with two attached hydrogens (primary N) is 1. The summed E-state index contributed by atoms with van der Waals surface area (Å²) in [6.45, 7) is 3.18. The first kappa shape index (κ1) is 12.6. The number of benzene rings is 1. The van der Waals surface area contributed by atoms with Crippen molar-refractivity contribution in [3.63, 3.8) is 0 Å². The number of carbonyl (C=O) groups excluding carboxylic acids is 2. The number of nitrogens with zero attached hydrogens (tertiary/aromatic N) is 1. The highest BCUT2D eigenvalue weighted by atomic mass is 16.2. The summed E-state index contributed by atoms with van der Waals surface area (Å²) in [4.78, 5) is 24.5. The number of primary amides is 1. The summed E-state index contributed by atoms with van der Waals surface area (Å²) >= 11 is 0. The SMILES string of the molecule is Cc1cccc(CCN2CC(C(N)=O)CC2=O)c1. The summed E-state index contributed by atoms with van der Waals surface area (Å²) in [5, 5.41) is 0. The second-order valence-corrected chi connectivity index (χ2v) is 4.88. The lowest BCUT2D eigenvalue weighted by Crippen LogP contribution is -2.30. The van der Waals surface area contributed by atoms with Crippen molar-refractivity contribution in [2.75, 3.05) is 13.1 Å². The average molecular weight is 246 g/mol. The van der Waals surface area contributed by atoms with E-state index >= 15 is 0 Å². The van der Waals surface area contributed by atoms with Crippen molar-refractivity contribution >= 4 is 11.8 Å². The van der Waals surface area contributed by atoms with Crippen LogP contribution in [0.25, 0.3) is 0 Å². The van der Waals surface area contributed by atoms with Crippen LogP contribution in [0.5, 0.6) is 0 Å². The molecule has 2 rings (SSSR count). The molecule has 4 nitrogen and oxygen atoms in total. The minimum absolute atomic E-state index is 0.0338. The van der Waals surface area contributed by atoms with Crippen molar-refractivity contribution in [3.8, 4) is 0 Å². The van der Waals surface area contributed by atoms with Crippen LogP contribution < -0.4 is 5.73 Å². The summed E-state index contributed by atoms with van der Waals surface area (Å²) in [5.41, 5.74) is 7.66. The molecule has 1 heterocycles. The highest BCUT2D eigenvalue weighted by molar-refractivity contribution is 5.88. The van der Waals surface area contributed by atoms with Gasteiger partial charge in [0.15, 0.2) is 0 Å². The first-order chi connectivity index (χ1) is 8.56. The van der Waals surface area contributed by atoms with Crippen molar-refractivity contribution in [3.05, 3.63) is 35.4 Å². The Morgan fingerprint density at radius 2 is 2.28 bits per heavy atom. The highest BCUT2D eigenvalue weighted by Crippen LogP contribution is 2.17. The van der Waals surface area contributed by atoms with Crippen molar-refractivity contribution in [2.24, 2.45) is 11.7 Å². The first-order valence-corrected chi connectivity index (χ1v) is 6.19. The largest absolute Gasteiger partial charge is 0.369 e. The fourth-order valence-electron chi connectivity index (χ4n) is 2.31. The molecule has 96 valence electrons. The minimum atomic E-state index is -0.374. The molecule has 1 aromatic rings. The van der Waals surface area contributed by atoms with Gasteiger partial charge in [-0.2, -0.15) is 0 Å². The third-order valence-corrected chi connectivity index (χ3v) is 3.37. The molecule has 4 heteroatoms. The topological polar surface area (TPSA) is 63.4 Å². The molecule has 2 amide bonds. The van der Waals surface area contributed by atoms with Crippen LogP contribution in [0.4, 0.5) is 0 Å². The van der Waals surface area contributed by atoms with Crippen LogP contribution in [0.15, 0.2) is 24.3 Å².